The Labute approximate surface area is 115 Å². The molecule has 0 bridgehead atoms. The van der Waals surface area contributed by atoms with Gasteiger partial charge in [-0.2, -0.15) is 9.61 Å². The molecule has 0 amide bonds. The van der Waals surface area contributed by atoms with Crippen molar-refractivity contribution < 1.29 is 4.92 Å². The van der Waals surface area contributed by atoms with Gasteiger partial charge in [-0.1, -0.05) is 32.4 Å². The number of hydrogen-bond donors (Lipinski definition) is 0. The topological polar surface area (TPSA) is 73.3 Å². The average molecular weight is 283 g/mol. The fourth-order valence-electron chi connectivity index (χ4n) is 1.94. The van der Waals surface area contributed by atoms with Gasteiger partial charge in [0.15, 0.2) is 5.65 Å². The molecule has 6 nitrogen and oxygen atoms in total. The van der Waals surface area contributed by atoms with Gasteiger partial charge in [0.1, 0.15) is 5.69 Å². The van der Waals surface area contributed by atoms with E-state index in [4.69, 9.17) is 11.6 Å². The first-order valence-corrected chi connectivity index (χ1v) is 6.53. The number of aryl methyl sites for hydroxylation is 1. The van der Waals surface area contributed by atoms with Gasteiger partial charge in [0.25, 0.3) is 0 Å². The largest absolute Gasteiger partial charge is 0.327 e. The van der Waals surface area contributed by atoms with E-state index in [2.05, 4.69) is 10.1 Å². The standard InChI is InChI=1S/C12H15ClN4O2/c1-4-8-6-10-14-9(5-7(2)3)11(17(18)19)12(13)16(10)15-8/h6-7H,4-5H2,1-3H3. The van der Waals surface area contributed by atoms with Crippen LogP contribution in [0, 0.1) is 16.0 Å². The molecule has 0 radical (unpaired) electrons. The molecule has 2 heterocycles. The number of aromatic nitrogens is 3. The molecule has 0 saturated heterocycles. The molecule has 7 heteroatoms. The first kappa shape index (κ1) is 13.7. The summed E-state index contributed by atoms with van der Waals surface area (Å²) in [7, 11) is 0. The summed E-state index contributed by atoms with van der Waals surface area (Å²) in [5.41, 5.74) is 1.64. The van der Waals surface area contributed by atoms with Crippen molar-refractivity contribution in [3.05, 3.63) is 32.7 Å². The van der Waals surface area contributed by atoms with Gasteiger partial charge in [-0.15, -0.1) is 0 Å². The summed E-state index contributed by atoms with van der Waals surface area (Å²) in [5, 5.41) is 15.4. The van der Waals surface area contributed by atoms with Gasteiger partial charge in [0.05, 0.1) is 10.6 Å². The SMILES string of the molecule is CCc1cc2nc(CC(C)C)c([N+](=O)[O-])c(Cl)n2n1. The molecule has 2 rings (SSSR count). The second kappa shape index (κ2) is 5.13. The van der Waals surface area contributed by atoms with Crippen LogP contribution in [-0.4, -0.2) is 19.5 Å². The normalized spacial score (nSPS) is 11.4. The van der Waals surface area contributed by atoms with E-state index < -0.39 is 4.92 Å². The minimum absolute atomic E-state index is 0.0188. The molecule has 0 atom stereocenters. The Morgan fingerprint density at radius 2 is 2.21 bits per heavy atom. The molecular weight excluding hydrogens is 268 g/mol. The van der Waals surface area contributed by atoms with Crippen molar-refractivity contribution in [2.24, 2.45) is 5.92 Å². The van der Waals surface area contributed by atoms with Crippen molar-refractivity contribution in [2.45, 2.75) is 33.6 Å². The number of nitro groups is 1. The molecule has 0 unspecified atom stereocenters. The van der Waals surface area contributed by atoms with Crippen LogP contribution in [0.25, 0.3) is 5.65 Å². The van der Waals surface area contributed by atoms with Crippen molar-refractivity contribution in [2.75, 3.05) is 0 Å². The van der Waals surface area contributed by atoms with Crippen LogP contribution in [0.1, 0.15) is 32.2 Å². The van der Waals surface area contributed by atoms with Crippen molar-refractivity contribution in [1.29, 1.82) is 0 Å². The maximum atomic E-state index is 11.2. The molecule has 0 fully saturated rings. The van der Waals surface area contributed by atoms with Crippen molar-refractivity contribution in [3.63, 3.8) is 0 Å². The number of nitrogens with zero attached hydrogens (tertiary/aromatic N) is 4. The third-order valence-electron chi connectivity index (χ3n) is 2.79. The zero-order chi connectivity index (χ0) is 14.2. The Balaban J connectivity index is 2.71. The third kappa shape index (κ3) is 2.53. The van der Waals surface area contributed by atoms with E-state index in [-0.39, 0.29) is 16.8 Å². The van der Waals surface area contributed by atoms with Crippen LogP contribution in [0.5, 0.6) is 0 Å². The summed E-state index contributed by atoms with van der Waals surface area (Å²) in [6, 6.07) is 1.80. The van der Waals surface area contributed by atoms with E-state index in [0.717, 1.165) is 12.1 Å². The summed E-state index contributed by atoms with van der Waals surface area (Å²) in [4.78, 5) is 15.0. The van der Waals surface area contributed by atoms with Crippen LogP contribution in [0.4, 0.5) is 5.69 Å². The lowest BCUT2D eigenvalue weighted by atomic mass is 10.1. The Hall–Kier alpha value is -1.69. The zero-order valence-electron chi connectivity index (χ0n) is 11.1. The highest BCUT2D eigenvalue weighted by atomic mass is 35.5. The quantitative estimate of drug-likeness (QED) is 0.491. The Bertz CT molecular complexity index is 636. The van der Waals surface area contributed by atoms with Gasteiger partial charge >= 0.3 is 5.69 Å². The van der Waals surface area contributed by atoms with E-state index >= 15 is 0 Å². The maximum absolute atomic E-state index is 11.2. The van der Waals surface area contributed by atoms with Crippen molar-refractivity contribution in [1.82, 2.24) is 14.6 Å². The fraction of sp³-hybridized carbons (Fsp3) is 0.500. The van der Waals surface area contributed by atoms with Crippen LogP contribution in [-0.2, 0) is 12.8 Å². The molecule has 0 aliphatic heterocycles. The number of rotatable bonds is 4. The predicted molar refractivity (Wildman–Crippen MR) is 72.6 cm³/mol. The van der Waals surface area contributed by atoms with Crippen molar-refractivity contribution in [3.8, 4) is 0 Å². The molecule has 0 spiro atoms. The van der Waals surface area contributed by atoms with Gasteiger partial charge < -0.3 is 0 Å². The van der Waals surface area contributed by atoms with E-state index in [1.807, 2.05) is 20.8 Å². The van der Waals surface area contributed by atoms with Gasteiger partial charge in [-0.25, -0.2) is 4.98 Å². The minimum Gasteiger partial charge on any atom is -0.258 e. The van der Waals surface area contributed by atoms with Crippen LogP contribution < -0.4 is 0 Å². The summed E-state index contributed by atoms with van der Waals surface area (Å²) < 4.78 is 1.34. The number of fused-ring (bicyclic) bond motifs is 1. The summed E-state index contributed by atoms with van der Waals surface area (Å²) in [6.07, 6.45) is 1.24. The molecule has 0 saturated carbocycles. The smallest absolute Gasteiger partial charge is 0.258 e. The summed E-state index contributed by atoms with van der Waals surface area (Å²) >= 11 is 6.11. The van der Waals surface area contributed by atoms with Crippen LogP contribution in [0.2, 0.25) is 5.15 Å². The lowest BCUT2D eigenvalue weighted by Crippen LogP contribution is -2.07. The van der Waals surface area contributed by atoms with E-state index in [0.29, 0.717) is 17.8 Å². The summed E-state index contributed by atoms with van der Waals surface area (Å²) in [5.74, 6) is 0.262. The molecule has 2 aromatic rings. The van der Waals surface area contributed by atoms with Gasteiger partial charge in [-0.3, -0.25) is 10.1 Å². The third-order valence-corrected chi connectivity index (χ3v) is 3.13. The molecule has 0 aliphatic rings. The number of halogens is 1. The van der Waals surface area contributed by atoms with Crippen LogP contribution in [0.3, 0.4) is 0 Å². The Morgan fingerprint density at radius 1 is 1.53 bits per heavy atom. The molecule has 0 aromatic carbocycles. The first-order chi connectivity index (χ1) is 8.93. The minimum atomic E-state index is -0.486. The lowest BCUT2D eigenvalue weighted by molar-refractivity contribution is -0.386. The fourth-order valence-corrected chi connectivity index (χ4v) is 2.24. The van der Waals surface area contributed by atoms with E-state index in [9.17, 15) is 10.1 Å². The Morgan fingerprint density at radius 3 is 2.74 bits per heavy atom. The molecule has 2 aromatic heterocycles. The number of hydrogen-bond acceptors (Lipinski definition) is 4. The van der Waals surface area contributed by atoms with E-state index in [1.54, 1.807) is 6.07 Å². The van der Waals surface area contributed by atoms with Gasteiger partial charge in [-0.05, 0) is 18.8 Å². The summed E-state index contributed by atoms with van der Waals surface area (Å²) in [6.45, 7) is 5.92. The second-order valence-corrected chi connectivity index (χ2v) is 5.17. The average Bonchev–Trinajstić information content (AvgIpc) is 2.71. The molecule has 19 heavy (non-hydrogen) atoms. The highest BCUT2D eigenvalue weighted by Gasteiger charge is 2.25. The molecule has 0 aliphatic carbocycles. The monoisotopic (exact) mass is 282 g/mol. The lowest BCUT2D eigenvalue weighted by Gasteiger charge is -2.07. The predicted octanol–water partition coefficient (Wildman–Crippen LogP) is 3.05. The van der Waals surface area contributed by atoms with E-state index in [1.165, 1.54) is 4.52 Å². The zero-order valence-corrected chi connectivity index (χ0v) is 11.8. The molecule has 0 N–H and O–H groups in total. The first-order valence-electron chi connectivity index (χ1n) is 6.15. The molecule has 102 valence electrons. The van der Waals surface area contributed by atoms with Gasteiger partial charge in [0.2, 0.25) is 5.15 Å². The maximum Gasteiger partial charge on any atom is 0.327 e. The highest BCUT2D eigenvalue weighted by molar-refractivity contribution is 6.31. The van der Waals surface area contributed by atoms with Crippen LogP contribution in [0.15, 0.2) is 6.07 Å². The molecular formula is C12H15ClN4O2. The van der Waals surface area contributed by atoms with Crippen LogP contribution >= 0.6 is 11.6 Å². The Kier molecular flexibility index (Phi) is 3.71. The van der Waals surface area contributed by atoms with Gasteiger partial charge in [0, 0.05) is 6.07 Å². The van der Waals surface area contributed by atoms with Crippen molar-refractivity contribution >= 4 is 22.9 Å². The highest BCUT2D eigenvalue weighted by Crippen LogP contribution is 2.29. The second-order valence-electron chi connectivity index (χ2n) is 4.81.